The number of ketones is 1. The fourth-order valence-corrected chi connectivity index (χ4v) is 5.69. The molecule has 1 fully saturated rings. The second-order valence-corrected chi connectivity index (χ2v) is 10.5. The molecule has 1 unspecified atom stereocenters. The predicted molar refractivity (Wildman–Crippen MR) is 145 cm³/mol. The minimum atomic E-state index is -0.612. The molecule has 0 saturated heterocycles. The van der Waals surface area contributed by atoms with Gasteiger partial charge < -0.3 is 19.3 Å². The largest absolute Gasteiger partial charge is 0.503 e. The van der Waals surface area contributed by atoms with Crippen molar-refractivity contribution in [1.82, 2.24) is 0 Å². The number of Topliss-reactive ketones (excluding diaryl/α,β-unsaturated/α-hetero) is 1. The molecule has 1 aliphatic carbocycles. The Morgan fingerprint density at radius 2 is 1.84 bits per heavy atom. The van der Waals surface area contributed by atoms with E-state index in [1.165, 1.54) is 0 Å². The summed E-state index contributed by atoms with van der Waals surface area (Å²) in [6.45, 7) is 7.54. The highest BCUT2D eigenvalue weighted by atomic mass is 79.9. The summed E-state index contributed by atoms with van der Waals surface area (Å²) in [4.78, 5) is 31.9. The third kappa shape index (κ3) is 5.44. The van der Waals surface area contributed by atoms with Crippen molar-refractivity contribution in [1.29, 1.82) is 0 Å². The monoisotopic (exact) mass is 569 g/mol. The SMILES string of the molecule is CCOc1cc([C@@H]2C(C(=O)OC(C)C)=C(C)N=C3C[C@@H](c4ccc(OC)cc4)CC(=O)C32)cc(Br)c1O. The van der Waals surface area contributed by atoms with E-state index in [0.717, 1.165) is 17.0 Å². The Balaban J connectivity index is 1.81. The molecule has 2 aromatic rings. The van der Waals surface area contributed by atoms with Gasteiger partial charge in [0.15, 0.2) is 11.5 Å². The third-order valence-corrected chi connectivity index (χ3v) is 7.42. The lowest BCUT2D eigenvalue weighted by atomic mass is 9.66. The standard InChI is InChI=1S/C29H32BrNO6/c1-6-36-24-14-19(11-21(30)28(24)33)26-25(29(34)37-15(2)3)16(4)31-22-12-18(13-23(32)27(22)26)17-7-9-20(35-5)10-8-17/h7-11,14-15,18,26-27,33H,6,12-13H2,1-5H3/t18-,26-,27?/m1/s1. The number of halogens is 1. The van der Waals surface area contributed by atoms with Crippen molar-refractivity contribution < 1.29 is 28.9 Å². The molecular formula is C29H32BrNO6. The van der Waals surface area contributed by atoms with Gasteiger partial charge in [0.05, 0.1) is 35.8 Å². The lowest BCUT2D eigenvalue weighted by Gasteiger charge is -2.38. The minimum absolute atomic E-state index is 0.0142. The van der Waals surface area contributed by atoms with Gasteiger partial charge in [0.25, 0.3) is 0 Å². The molecule has 0 spiro atoms. The highest BCUT2D eigenvalue weighted by Gasteiger charge is 2.46. The summed E-state index contributed by atoms with van der Waals surface area (Å²) in [7, 11) is 1.62. The quantitative estimate of drug-likeness (QED) is 0.405. The molecule has 3 atom stereocenters. The normalized spacial score (nSPS) is 21.4. The molecule has 2 aliphatic rings. The van der Waals surface area contributed by atoms with Crippen LogP contribution in [0, 0.1) is 5.92 Å². The maximum atomic E-state index is 13.8. The number of hydrogen-bond acceptors (Lipinski definition) is 7. The maximum Gasteiger partial charge on any atom is 0.336 e. The zero-order chi connectivity index (χ0) is 26.9. The summed E-state index contributed by atoms with van der Waals surface area (Å²) < 4.78 is 16.9. The number of carbonyl (C=O) groups excluding carboxylic acids is 2. The molecule has 1 heterocycles. The van der Waals surface area contributed by atoms with Crippen molar-refractivity contribution in [2.24, 2.45) is 10.9 Å². The Kier molecular flexibility index (Phi) is 8.07. The minimum Gasteiger partial charge on any atom is -0.503 e. The van der Waals surface area contributed by atoms with Crippen LogP contribution in [0.25, 0.3) is 0 Å². The first-order valence-corrected chi connectivity index (χ1v) is 13.2. The van der Waals surface area contributed by atoms with Crippen LogP contribution >= 0.6 is 15.9 Å². The number of hydrogen-bond donors (Lipinski definition) is 1. The molecule has 0 amide bonds. The Hall–Kier alpha value is -3.13. The van der Waals surface area contributed by atoms with Gasteiger partial charge in [-0.3, -0.25) is 9.79 Å². The molecule has 0 radical (unpaired) electrons. The van der Waals surface area contributed by atoms with Gasteiger partial charge in [0.2, 0.25) is 0 Å². The van der Waals surface area contributed by atoms with Gasteiger partial charge in [-0.25, -0.2) is 4.79 Å². The zero-order valence-corrected chi connectivity index (χ0v) is 23.3. The van der Waals surface area contributed by atoms with Crippen LogP contribution in [-0.2, 0) is 14.3 Å². The van der Waals surface area contributed by atoms with E-state index in [0.29, 0.717) is 40.8 Å². The summed E-state index contributed by atoms with van der Waals surface area (Å²) >= 11 is 3.41. The topological polar surface area (TPSA) is 94.4 Å². The number of benzene rings is 2. The molecule has 0 bridgehead atoms. The molecule has 4 rings (SSSR count). The first-order valence-electron chi connectivity index (χ1n) is 12.5. The van der Waals surface area contributed by atoms with Crippen molar-refractivity contribution in [2.45, 2.75) is 58.5 Å². The molecule has 1 aliphatic heterocycles. The highest BCUT2D eigenvalue weighted by molar-refractivity contribution is 9.10. The van der Waals surface area contributed by atoms with E-state index in [4.69, 9.17) is 19.2 Å². The van der Waals surface area contributed by atoms with Gasteiger partial charge in [-0.1, -0.05) is 12.1 Å². The first-order chi connectivity index (χ1) is 17.6. The van der Waals surface area contributed by atoms with Gasteiger partial charge >= 0.3 is 5.97 Å². The molecule has 196 valence electrons. The highest BCUT2D eigenvalue weighted by Crippen LogP contribution is 2.48. The number of ether oxygens (including phenoxy) is 3. The van der Waals surface area contributed by atoms with Gasteiger partial charge in [-0.05, 0) is 91.4 Å². The number of aliphatic imine (C=N–C) groups is 1. The molecule has 1 N–H and O–H groups in total. The van der Waals surface area contributed by atoms with E-state index in [1.807, 2.05) is 31.2 Å². The number of phenolic OH excluding ortho intramolecular Hbond substituents is 1. The van der Waals surface area contributed by atoms with E-state index in [9.17, 15) is 14.7 Å². The summed E-state index contributed by atoms with van der Waals surface area (Å²) in [5, 5.41) is 10.5. The van der Waals surface area contributed by atoms with E-state index in [-0.39, 0.29) is 29.3 Å². The van der Waals surface area contributed by atoms with Crippen LogP contribution in [0.15, 0.2) is 57.1 Å². The van der Waals surface area contributed by atoms with Crippen LogP contribution in [-0.4, -0.2) is 42.4 Å². The Labute approximate surface area is 225 Å². The Morgan fingerprint density at radius 3 is 2.46 bits per heavy atom. The van der Waals surface area contributed by atoms with E-state index in [2.05, 4.69) is 15.9 Å². The summed E-state index contributed by atoms with van der Waals surface area (Å²) in [6.07, 6.45) is 0.599. The number of phenols is 1. The summed E-state index contributed by atoms with van der Waals surface area (Å²) in [6, 6.07) is 11.2. The van der Waals surface area contributed by atoms with Crippen LogP contribution in [0.5, 0.6) is 17.2 Å². The average Bonchev–Trinajstić information content (AvgIpc) is 2.85. The number of rotatable bonds is 7. The number of esters is 1. The number of allylic oxidation sites excluding steroid dienone is 1. The second kappa shape index (κ2) is 11.1. The molecule has 8 heteroatoms. The summed E-state index contributed by atoms with van der Waals surface area (Å²) in [5.74, 6) is -0.710. The van der Waals surface area contributed by atoms with Crippen LogP contribution in [0.4, 0.5) is 0 Å². The Bertz CT molecular complexity index is 1260. The number of carbonyl (C=O) groups is 2. The smallest absolute Gasteiger partial charge is 0.336 e. The lowest BCUT2D eigenvalue weighted by Crippen LogP contribution is -2.41. The molecule has 2 aromatic carbocycles. The third-order valence-electron chi connectivity index (χ3n) is 6.81. The second-order valence-electron chi connectivity index (χ2n) is 9.64. The number of nitrogens with zero attached hydrogens (tertiary/aromatic N) is 1. The van der Waals surface area contributed by atoms with Crippen LogP contribution in [0.1, 0.15) is 63.5 Å². The van der Waals surface area contributed by atoms with Gasteiger partial charge in [-0.2, -0.15) is 0 Å². The van der Waals surface area contributed by atoms with Crippen molar-refractivity contribution in [2.75, 3.05) is 13.7 Å². The van der Waals surface area contributed by atoms with Crippen molar-refractivity contribution in [3.05, 3.63) is 63.3 Å². The predicted octanol–water partition coefficient (Wildman–Crippen LogP) is 6.09. The molecular weight excluding hydrogens is 538 g/mol. The van der Waals surface area contributed by atoms with Crippen molar-refractivity contribution in [3.8, 4) is 17.2 Å². The first kappa shape index (κ1) is 26.9. The van der Waals surface area contributed by atoms with Gasteiger partial charge in [0.1, 0.15) is 11.5 Å². The van der Waals surface area contributed by atoms with Crippen LogP contribution in [0.2, 0.25) is 0 Å². The Morgan fingerprint density at radius 1 is 1.14 bits per heavy atom. The number of fused-ring (bicyclic) bond motifs is 1. The van der Waals surface area contributed by atoms with Crippen LogP contribution < -0.4 is 9.47 Å². The van der Waals surface area contributed by atoms with Crippen molar-refractivity contribution in [3.63, 3.8) is 0 Å². The fourth-order valence-electron chi connectivity index (χ4n) is 5.23. The van der Waals surface area contributed by atoms with E-state index >= 15 is 0 Å². The summed E-state index contributed by atoms with van der Waals surface area (Å²) in [5.41, 5.74) is 3.37. The van der Waals surface area contributed by atoms with Gasteiger partial charge in [0, 0.05) is 23.7 Å². The number of methoxy groups -OCH3 is 1. The van der Waals surface area contributed by atoms with Gasteiger partial charge in [-0.15, -0.1) is 0 Å². The fraction of sp³-hybridized carbons (Fsp3) is 0.414. The molecule has 37 heavy (non-hydrogen) atoms. The molecule has 1 saturated carbocycles. The maximum absolute atomic E-state index is 13.8. The van der Waals surface area contributed by atoms with Crippen molar-refractivity contribution >= 4 is 33.4 Å². The zero-order valence-electron chi connectivity index (χ0n) is 21.7. The van der Waals surface area contributed by atoms with E-state index in [1.54, 1.807) is 40.0 Å². The number of aromatic hydroxyl groups is 1. The van der Waals surface area contributed by atoms with E-state index < -0.39 is 17.8 Å². The molecule has 7 nitrogen and oxygen atoms in total. The average molecular weight is 570 g/mol. The lowest BCUT2D eigenvalue weighted by molar-refractivity contribution is -0.143. The molecule has 0 aromatic heterocycles. The van der Waals surface area contributed by atoms with Crippen LogP contribution in [0.3, 0.4) is 0 Å².